The van der Waals surface area contributed by atoms with Gasteiger partial charge in [-0.1, -0.05) is 12.8 Å². The van der Waals surface area contributed by atoms with Crippen molar-refractivity contribution >= 4 is 25.6 Å². The number of carbonyl (C=O) groups is 1. The van der Waals surface area contributed by atoms with Crippen LogP contribution >= 0.6 is 10.7 Å². The molecule has 3 rings (SSSR count). The molecule has 0 spiro atoms. The van der Waals surface area contributed by atoms with E-state index in [0.29, 0.717) is 11.3 Å². The summed E-state index contributed by atoms with van der Waals surface area (Å²) in [6.07, 6.45) is 4.28. The molecule has 1 heterocycles. The lowest BCUT2D eigenvalue weighted by molar-refractivity contribution is -0.123. The Morgan fingerprint density at radius 3 is 2.67 bits per heavy atom. The maximum absolute atomic E-state index is 12.4. The first-order valence-corrected chi connectivity index (χ1v) is 9.28. The van der Waals surface area contributed by atoms with Crippen molar-refractivity contribution in [2.75, 3.05) is 6.61 Å². The highest BCUT2D eigenvalue weighted by atomic mass is 35.7. The summed E-state index contributed by atoms with van der Waals surface area (Å²) in [5.41, 5.74) is 0.590. The summed E-state index contributed by atoms with van der Waals surface area (Å²) in [4.78, 5) is 12.3. The second-order valence-corrected chi connectivity index (χ2v) is 8.06. The van der Waals surface area contributed by atoms with Crippen molar-refractivity contribution < 1.29 is 17.9 Å². The zero-order valence-corrected chi connectivity index (χ0v) is 12.9. The fraction of sp³-hybridized carbons (Fsp3) is 0.500. The summed E-state index contributed by atoms with van der Waals surface area (Å²) in [5, 5.41) is 3.02. The minimum atomic E-state index is -3.81. The van der Waals surface area contributed by atoms with Crippen LogP contribution in [-0.2, 0) is 13.8 Å². The Balaban J connectivity index is 1.83. The van der Waals surface area contributed by atoms with E-state index in [1.165, 1.54) is 12.1 Å². The van der Waals surface area contributed by atoms with E-state index in [9.17, 15) is 13.2 Å². The standard InChI is InChI=1S/C14H16ClNO4S/c15-21(18,19)10-5-6-13-11(7-10)12(8-20-13)14(17)16-9-3-1-2-4-9/h5-7,9,12H,1-4,8H2,(H,16,17). The van der Waals surface area contributed by atoms with Gasteiger partial charge in [0.25, 0.3) is 9.05 Å². The van der Waals surface area contributed by atoms with Crippen molar-refractivity contribution in [3.8, 4) is 5.75 Å². The van der Waals surface area contributed by atoms with Gasteiger partial charge in [-0.2, -0.15) is 0 Å². The molecule has 0 saturated heterocycles. The molecule has 1 aliphatic carbocycles. The predicted octanol–water partition coefficient (Wildman–Crippen LogP) is 2.15. The Morgan fingerprint density at radius 2 is 2.00 bits per heavy atom. The zero-order chi connectivity index (χ0) is 15.0. The first-order valence-electron chi connectivity index (χ1n) is 6.97. The third-order valence-electron chi connectivity index (χ3n) is 4.06. The van der Waals surface area contributed by atoms with E-state index in [-0.39, 0.29) is 23.5 Å². The smallest absolute Gasteiger partial charge is 0.261 e. The first-order chi connectivity index (χ1) is 9.95. The van der Waals surface area contributed by atoms with Crippen LogP contribution in [0.25, 0.3) is 0 Å². The van der Waals surface area contributed by atoms with Crippen molar-refractivity contribution in [2.24, 2.45) is 0 Å². The number of carbonyl (C=O) groups excluding carboxylic acids is 1. The van der Waals surface area contributed by atoms with E-state index in [2.05, 4.69) is 5.32 Å². The van der Waals surface area contributed by atoms with Crippen LogP contribution in [0.5, 0.6) is 5.75 Å². The second-order valence-electron chi connectivity index (χ2n) is 5.49. The van der Waals surface area contributed by atoms with Gasteiger partial charge in [0, 0.05) is 22.3 Å². The molecule has 2 aliphatic rings. The molecular formula is C14H16ClNO4S. The van der Waals surface area contributed by atoms with Crippen LogP contribution in [0.4, 0.5) is 0 Å². The van der Waals surface area contributed by atoms with Gasteiger partial charge in [0.1, 0.15) is 18.3 Å². The van der Waals surface area contributed by atoms with Crippen LogP contribution in [0.3, 0.4) is 0 Å². The number of hydrogen-bond acceptors (Lipinski definition) is 4. The number of fused-ring (bicyclic) bond motifs is 1. The topological polar surface area (TPSA) is 72.5 Å². The van der Waals surface area contributed by atoms with Gasteiger partial charge in [0.05, 0.1) is 4.90 Å². The van der Waals surface area contributed by atoms with E-state index in [1.54, 1.807) is 6.07 Å². The van der Waals surface area contributed by atoms with Crippen molar-refractivity contribution in [2.45, 2.75) is 42.5 Å². The lowest BCUT2D eigenvalue weighted by Crippen LogP contribution is -2.36. The van der Waals surface area contributed by atoms with Gasteiger partial charge in [-0.15, -0.1) is 0 Å². The van der Waals surface area contributed by atoms with Gasteiger partial charge in [-0.3, -0.25) is 4.79 Å². The fourth-order valence-corrected chi connectivity index (χ4v) is 3.72. The molecule has 1 atom stereocenters. The summed E-state index contributed by atoms with van der Waals surface area (Å²) in [7, 11) is 1.54. The third-order valence-corrected chi connectivity index (χ3v) is 5.41. The Labute approximate surface area is 128 Å². The van der Waals surface area contributed by atoms with Gasteiger partial charge < -0.3 is 10.1 Å². The molecule has 5 nitrogen and oxygen atoms in total. The highest BCUT2D eigenvalue weighted by molar-refractivity contribution is 8.13. The molecule has 1 N–H and O–H groups in total. The van der Waals surface area contributed by atoms with Crippen LogP contribution in [0, 0.1) is 0 Å². The number of nitrogens with one attached hydrogen (secondary N) is 1. The summed E-state index contributed by atoms with van der Waals surface area (Å²) in [5.74, 6) is -0.0330. The molecule has 1 unspecified atom stereocenters. The average Bonchev–Trinajstić information content (AvgIpc) is 3.05. The van der Waals surface area contributed by atoms with Crippen molar-refractivity contribution in [1.29, 1.82) is 0 Å². The normalized spacial score (nSPS) is 21.9. The Morgan fingerprint density at radius 1 is 1.29 bits per heavy atom. The maximum Gasteiger partial charge on any atom is 0.261 e. The average molecular weight is 330 g/mol. The van der Waals surface area contributed by atoms with E-state index in [4.69, 9.17) is 15.4 Å². The minimum Gasteiger partial charge on any atom is -0.492 e. The molecule has 0 aromatic heterocycles. The molecule has 114 valence electrons. The molecular weight excluding hydrogens is 314 g/mol. The van der Waals surface area contributed by atoms with Crippen LogP contribution in [0.15, 0.2) is 23.1 Å². The highest BCUT2D eigenvalue weighted by Gasteiger charge is 2.33. The molecule has 0 radical (unpaired) electrons. The number of rotatable bonds is 3. The largest absolute Gasteiger partial charge is 0.492 e. The van der Waals surface area contributed by atoms with E-state index < -0.39 is 15.0 Å². The van der Waals surface area contributed by atoms with Gasteiger partial charge in [0.2, 0.25) is 5.91 Å². The maximum atomic E-state index is 12.4. The third kappa shape index (κ3) is 3.01. The van der Waals surface area contributed by atoms with Crippen LogP contribution < -0.4 is 10.1 Å². The molecule has 1 amide bonds. The SMILES string of the molecule is O=C(NC1CCCC1)C1COc2ccc(S(=O)(=O)Cl)cc21. The lowest BCUT2D eigenvalue weighted by Gasteiger charge is -2.15. The molecule has 0 bridgehead atoms. The predicted molar refractivity (Wildman–Crippen MR) is 78.1 cm³/mol. The summed E-state index contributed by atoms with van der Waals surface area (Å²) in [6.45, 7) is 0.236. The van der Waals surface area contributed by atoms with Crippen molar-refractivity contribution in [1.82, 2.24) is 5.32 Å². The quantitative estimate of drug-likeness (QED) is 0.862. The molecule has 1 aromatic carbocycles. The fourth-order valence-electron chi connectivity index (χ4n) is 2.93. The number of amides is 1. The molecule has 21 heavy (non-hydrogen) atoms. The first kappa shape index (κ1) is 14.7. The number of ether oxygens (including phenoxy) is 1. The molecule has 1 fully saturated rings. The Bertz CT molecular complexity index is 668. The van der Waals surface area contributed by atoms with Crippen LogP contribution in [0.2, 0.25) is 0 Å². The monoisotopic (exact) mass is 329 g/mol. The van der Waals surface area contributed by atoms with Gasteiger partial charge in [-0.05, 0) is 31.0 Å². The highest BCUT2D eigenvalue weighted by Crippen LogP contribution is 2.36. The van der Waals surface area contributed by atoms with Gasteiger partial charge >= 0.3 is 0 Å². The number of hydrogen-bond donors (Lipinski definition) is 1. The summed E-state index contributed by atoms with van der Waals surface area (Å²) < 4.78 is 28.3. The van der Waals surface area contributed by atoms with Crippen LogP contribution in [-0.4, -0.2) is 27.0 Å². The number of halogens is 1. The van der Waals surface area contributed by atoms with E-state index in [1.807, 2.05) is 0 Å². The van der Waals surface area contributed by atoms with Crippen LogP contribution in [0.1, 0.15) is 37.2 Å². The molecule has 7 heteroatoms. The van der Waals surface area contributed by atoms with Gasteiger partial charge in [-0.25, -0.2) is 8.42 Å². The van der Waals surface area contributed by atoms with Gasteiger partial charge in [0.15, 0.2) is 0 Å². The molecule has 1 saturated carbocycles. The minimum absolute atomic E-state index is 0.00733. The Kier molecular flexibility index (Phi) is 3.84. The number of benzene rings is 1. The molecule has 1 aliphatic heterocycles. The van der Waals surface area contributed by atoms with Crippen molar-refractivity contribution in [3.63, 3.8) is 0 Å². The van der Waals surface area contributed by atoms with E-state index in [0.717, 1.165) is 25.7 Å². The second kappa shape index (κ2) is 5.50. The summed E-state index contributed by atoms with van der Waals surface area (Å²) in [6, 6.07) is 4.59. The molecule has 1 aromatic rings. The van der Waals surface area contributed by atoms with E-state index >= 15 is 0 Å². The summed E-state index contributed by atoms with van der Waals surface area (Å²) >= 11 is 0. The Hall–Kier alpha value is -1.27. The van der Waals surface area contributed by atoms with Crippen molar-refractivity contribution in [3.05, 3.63) is 23.8 Å². The lowest BCUT2D eigenvalue weighted by atomic mass is 10.00. The zero-order valence-electron chi connectivity index (χ0n) is 11.3.